The molecule has 74 valence electrons. The topological polar surface area (TPSA) is 88.5 Å². The Hall–Kier alpha value is -1.82. The van der Waals surface area contributed by atoms with Crippen LogP contribution in [-0.2, 0) is 0 Å². The number of hydrazine groups is 1. The van der Waals surface area contributed by atoms with Gasteiger partial charge in [-0.15, -0.1) is 0 Å². The van der Waals surface area contributed by atoms with Crippen molar-refractivity contribution in [3.63, 3.8) is 0 Å². The molecule has 0 spiro atoms. The van der Waals surface area contributed by atoms with Gasteiger partial charge in [0.25, 0.3) is 0 Å². The molecule has 1 aromatic rings. The van der Waals surface area contributed by atoms with E-state index in [1.54, 1.807) is 0 Å². The summed E-state index contributed by atoms with van der Waals surface area (Å²) < 4.78 is 0. The Labute approximate surface area is 87.2 Å². The molecule has 0 aliphatic rings. The number of nitrogens with one attached hydrogen (secondary N) is 2. The summed E-state index contributed by atoms with van der Waals surface area (Å²) in [6, 6.07) is 9.29. The fourth-order valence-corrected chi connectivity index (χ4v) is 0.846. The number of hydrogen-bond acceptors (Lipinski definition) is 2. The van der Waals surface area contributed by atoms with E-state index in [0.717, 1.165) is 5.69 Å². The van der Waals surface area contributed by atoms with Crippen molar-refractivity contribution in [1.82, 2.24) is 10.9 Å². The highest BCUT2D eigenvalue weighted by atomic mass is 32.1. The maximum Gasteiger partial charge on any atom is 0.212 e. The van der Waals surface area contributed by atoms with Crippen LogP contribution < -0.4 is 22.3 Å². The first-order valence-electron chi connectivity index (χ1n) is 3.89. The molecule has 14 heavy (non-hydrogen) atoms. The fourth-order valence-electron chi connectivity index (χ4n) is 0.795. The number of rotatable bonds is 1. The zero-order valence-electron chi connectivity index (χ0n) is 7.40. The molecule has 0 aliphatic carbocycles. The first-order valence-corrected chi connectivity index (χ1v) is 4.30. The average Bonchev–Trinajstić information content (AvgIpc) is 2.16. The van der Waals surface area contributed by atoms with Gasteiger partial charge < -0.3 is 11.5 Å². The third kappa shape index (κ3) is 3.72. The van der Waals surface area contributed by atoms with Gasteiger partial charge in [-0.3, -0.25) is 10.9 Å². The molecular weight excluding hydrogens is 198 g/mol. The van der Waals surface area contributed by atoms with Crippen molar-refractivity contribution in [1.29, 1.82) is 0 Å². The summed E-state index contributed by atoms with van der Waals surface area (Å²) in [5.74, 6) is 0.198. The average molecular weight is 209 g/mol. The highest BCUT2D eigenvalue weighted by Crippen LogP contribution is 2.08. The van der Waals surface area contributed by atoms with Gasteiger partial charge in [0.05, 0.1) is 5.69 Å². The van der Waals surface area contributed by atoms with Crippen molar-refractivity contribution in [2.45, 2.75) is 0 Å². The Bertz CT molecular complexity index is 335. The smallest absolute Gasteiger partial charge is 0.212 e. The molecule has 5 nitrogen and oxygen atoms in total. The minimum Gasteiger partial charge on any atom is -0.375 e. The maximum atomic E-state index is 5.52. The molecule has 0 unspecified atom stereocenters. The van der Waals surface area contributed by atoms with Gasteiger partial charge in [-0.25, -0.2) is 4.99 Å². The summed E-state index contributed by atoms with van der Waals surface area (Å²) >= 11 is 4.57. The van der Waals surface area contributed by atoms with Crippen molar-refractivity contribution < 1.29 is 0 Å². The summed E-state index contributed by atoms with van der Waals surface area (Å²) in [6.07, 6.45) is 0. The van der Waals surface area contributed by atoms with E-state index in [-0.39, 0.29) is 11.1 Å². The molecule has 0 atom stereocenters. The first kappa shape index (κ1) is 10.3. The quantitative estimate of drug-likeness (QED) is 0.226. The summed E-state index contributed by atoms with van der Waals surface area (Å²) in [7, 11) is 0. The second-order valence-electron chi connectivity index (χ2n) is 2.45. The Morgan fingerprint density at radius 1 is 1.14 bits per heavy atom. The van der Waals surface area contributed by atoms with E-state index >= 15 is 0 Å². The molecule has 0 heterocycles. The zero-order valence-corrected chi connectivity index (χ0v) is 8.21. The Kier molecular flexibility index (Phi) is 3.69. The molecule has 6 N–H and O–H groups in total. The number of thiocarbonyl (C=S) groups is 1. The van der Waals surface area contributed by atoms with E-state index < -0.39 is 0 Å². The number of hydrogen-bond donors (Lipinski definition) is 4. The Balaban J connectivity index is 2.56. The van der Waals surface area contributed by atoms with Crippen LogP contribution in [0.4, 0.5) is 5.69 Å². The predicted molar refractivity (Wildman–Crippen MR) is 60.8 cm³/mol. The molecule has 0 aliphatic heterocycles. The minimum atomic E-state index is 0.108. The number of guanidine groups is 1. The molecule has 6 heteroatoms. The maximum absolute atomic E-state index is 5.52. The van der Waals surface area contributed by atoms with Gasteiger partial charge in [0.1, 0.15) is 0 Å². The lowest BCUT2D eigenvalue weighted by Crippen LogP contribution is -2.47. The lowest BCUT2D eigenvalue weighted by atomic mass is 10.3. The van der Waals surface area contributed by atoms with Crippen LogP contribution in [0.25, 0.3) is 0 Å². The summed E-state index contributed by atoms with van der Waals surface area (Å²) in [6.45, 7) is 0. The molecule has 0 radical (unpaired) electrons. The van der Waals surface area contributed by atoms with Crippen molar-refractivity contribution in [3.05, 3.63) is 30.3 Å². The van der Waals surface area contributed by atoms with Gasteiger partial charge in [0.2, 0.25) is 5.96 Å². The van der Waals surface area contributed by atoms with Crippen LogP contribution >= 0.6 is 12.2 Å². The third-order valence-electron chi connectivity index (χ3n) is 1.32. The van der Waals surface area contributed by atoms with Crippen LogP contribution in [0, 0.1) is 0 Å². The number of aliphatic imine (C=N–C) groups is 1. The van der Waals surface area contributed by atoms with Gasteiger partial charge in [0, 0.05) is 0 Å². The molecule has 0 saturated heterocycles. The van der Waals surface area contributed by atoms with Gasteiger partial charge in [0.15, 0.2) is 5.11 Å². The number of nitrogens with two attached hydrogens (primary N) is 2. The van der Waals surface area contributed by atoms with E-state index in [1.807, 2.05) is 30.3 Å². The number of nitrogens with zero attached hydrogens (tertiary/aromatic N) is 1. The number of para-hydroxylation sites is 1. The summed E-state index contributed by atoms with van der Waals surface area (Å²) in [4.78, 5) is 4.04. The van der Waals surface area contributed by atoms with Gasteiger partial charge in [-0.05, 0) is 24.4 Å². The third-order valence-corrected chi connectivity index (χ3v) is 1.42. The first-order chi connectivity index (χ1) is 6.68. The van der Waals surface area contributed by atoms with Crippen LogP contribution in [-0.4, -0.2) is 11.1 Å². The van der Waals surface area contributed by atoms with Crippen LogP contribution in [0.3, 0.4) is 0 Å². The molecule has 0 fully saturated rings. The standard InChI is InChI=1S/C8H11N5S/c9-7(12-13-8(10)14)11-6-4-2-1-3-5-6/h1-5H,(H3,9,11,12)(H3,10,13,14). The molecule has 0 amide bonds. The van der Waals surface area contributed by atoms with E-state index in [4.69, 9.17) is 11.5 Å². The van der Waals surface area contributed by atoms with Crippen molar-refractivity contribution >= 4 is 29.0 Å². The SMILES string of the molecule is NC(=S)NNC(N)=Nc1ccccc1. The van der Waals surface area contributed by atoms with Crippen LogP contribution in [0.2, 0.25) is 0 Å². The van der Waals surface area contributed by atoms with Crippen molar-refractivity contribution in [2.75, 3.05) is 0 Å². The van der Waals surface area contributed by atoms with E-state index in [2.05, 4.69) is 28.1 Å². The molecule has 1 aromatic carbocycles. The predicted octanol–water partition coefficient (Wildman–Crippen LogP) is -0.0294. The fraction of sp³-hybridized carbons (Fsp3) is 0. The second-order valence-corrected chi connectivity index (χ2v) is 2.89. The van der Waals surface area contributed by atoms with Crippen LogP contribution in [0.1, 0.15) is 0 Å². The highest BCUT2D eigenvalue weighted by Gasteiger charge is 1.91. The van der Waals surface area contributed by atoms with Gasteiger partial charge in [-0.1, -0.05) is 18.2 Å². The van der Waals surface area contributed by atoms with Crippen molar-refractivity contribution in [2.24, 2.45) is 16.5 Å². The van der Waals surface area contributed by atoms with Gasteiger partial charge in [-0.2, -0.15) is 0 Å². The minimum absolute atomic E-state index is 0.108. The molecule has 0 saturated carbocycles. The second kappa shape index (κ2) is 5.03. The number of benzene rings is 1. The van der Waals surface area contributed by atoms with E-state index in [1.165, 1.54) is 0 Å². The summed E-state index contributed by atoms with van der Waals surface area (Å²) in [5, 5.41) is 0.108. The van der Waals surface area contributed by atoms with Crippen LogP contribution in [0.5, 0.6) is 0 Å². The Morgan fingerprint density at radius 2 is 1.79 bits per heavy atom. The van der Waals surface area contributed by atoms with Crippen LogP contribution in [0.15, 0.2) is 35.3 Å². The Morgan fingerprint density at radius 3 is 2.36 bits per heavy atom. The van der Waals surface area contributed by atoms with Gasteiger partial charge >= 0.3 is 0 Å². The normalized spacial score (nSPS) is 10.7. The van der Waals surface area contributed by atoms with Crippen molar-refractivity contribution in [3.8, 4) is 0 Å². The van der Waals surface area contributed by atoms with E-state index in [0.29, 0.717) is 0 Å². The largest absolute Gasteiger partial charge is 0.375 e. The highest BCUT2D eigenvalue weighted by molar-refractivity contribution is 7.80. The molecule has 0 bridgehead atoms. The lowest BCUT2D eigenvalue weighted by Gasteiger charge is -2.05. The van der Waals surface area contributed by atoms with E-state index in [9.17, 15) is 0 Å². The summed E-state index contributed by atoms with van der Waals surface area (Å²) in [5.41, 5.74) is 16.5. The zero-order chi connectivity index (χ0) is 10.4. The lowest BCUT2D eigenvalue weighted by molar-refractivity contribution is 0.859. The molecule has 1 rings (SSSR count). The molecular formula is C8H11N5S. The monoisotopic (exact) mass is 209 g/mol. The molecule has 0 aromatic heterocycles.